The summed E-state index contributed by atoms with van der Waals surface area (Å²) < 4.78 is 17.5. The Morgan fingerprint density at radius 1 is 1.45 bits per heavy atom. The SMILES string of the molecule is Cc1nsc(NC(=O)c2cccc(Cl)c2F)c1C(=O)O. The third-order valence-electron chi connectivity index (χ3n) is 2.50. The molecule has 1 aromatic carbocycles. The Bertz CT molecular complexity index is 702. The maximum atomic E-state index is 13.7. The van der Waals surface area contributed by atoms with Gasteiger partial charge < -0.3 is 10.4 Å². The Hall–Kier alpha value is -1.99. The molecule has 0 bridgehead atoms. The first kappa shape index (κ1) is 14.4. The predicted octanol–water partition coefficient (Wildman–Crippen LogP) is 3.19. The molecule has 0 saturated heterocycles. The van der Waals surface area contributed by atoms with E-state index in [1.807, 2.05) is 0 Å². The van der Waals surface area contributed by atoms with Crippen LogP contribution in [0, 0.1) is 12.7 Å². The number of halogens is 2. The number of carbonyl (C=O) groups excluding carboxylic acids is 1. The van der Waals surface area contributed by atoms with Crippen LogP contribution in [0.2, 0.25) is 5.02 Å². The molecule has 1 heterocycles. The Morgan fingerprint density at radius 3 is 2.80 bits per heavy atom. The van der Waals surface area contributed by atoms with Crippen molar-refractivity contribution in [2.45, 2.75) is 6.92 Å². The summed E-state index contributed by atoms with van der Waals surface area (Å²) in [5, 5.41) is 11.2. The van der Waals surface area contributed by atoms with Crippen LogP contribution in [-0.2, 0) is 0 Å². The van der Waals surface area contributed by atoms with Gasteiger partial charge >= 0.3 is 5.97 Å². The zero-order valence-electron chi connectivity index (χ0n) is 10.1. The number of carbonyl (C=O) groups is 2. The lowest BCUT2D eigenvalue weighted by atomic mass is 10.2. The van der Waals surface area contributed by atoms with E-state index in [1.165, 1.54) is 25.1 Å². The van der Waals surface area contributed by atoms with Crippen LogP contribution >= 0.6 is 23.1 Å². The molecular weight excluding hydrogens is 307 g/mol. The first-order valence-electron chi connectivity index (χ1n) is 5.36. The fraction of sp³-hybridized carbons (Fsp3) is 0.0833. The zero-order valence-corrected chi connectivity index (χ0v) is 11.7. The van der Waals surface area contributed by atoms with Crippen molar-refractivity contribution >= 4 is 40.0 Å². The third-order valence-corrected chi connectivity index (χ3v) is 3.65. The van der Waals surface area contributed by atoms with Gasteiger partial charge in [-0.05, 0) is 30.6 Å². The largest absolute Gasteiger partial charge is 0.478 e. The molecule has 0 aliphatic carbocycles. The van der Waals surface area contributed by atoms with Crippen LogP contribution in [0.25, 0.3) is 0 Å². The molecule has 0 aliphatic rings. The minimum absolute atomic E-state index is 0.0550. The Kier molecular flexibility index (Phi) is 4.01. The molecule has 0 radical (unpaired) electrons. The van der Waals surface area contributed by atoms with Crippen LogP contribution in [-0.4, -0.2) is 21.4 Å². The number of aromatic nitrogens is 1. The van der Waals surface area contributed by atoms with Gasteiger partial charge in [0.1, 0.15) is 10.6 Å². The number of anilines is 1. The van der Waals surface area contributed by atoms with Gasteiger partial charge in [0.15, 0.2) is 5.82 Å². The highest BCUT2D eigenvalue weighted by Gasteiger charge is 2.21. The van der Waals surface area contributed by atoms with Crippen LogP contribution in [0.15, 0.2) is 18.2 Å². The number of nitrogens with one attached hydrogen (secondary N) is 1. The summed E-state index contributed by atoms with van der Waals surface area (Å²) >= 11 is 6.41. The number of hydrogen-bond donors (Lipinski definition) is 2. The predicted molar refractivity (Wildman–Crippen MR) is 73.2 cm³/mol. The molecule has 8 heteroatoms. The molecule has 20 heavy (non-hydrogen) atoms. The smallest absolute Gasteiger partial charge is 0.340 e. The lowest BCUT2D eigenvalue weighted by Gasteiger charge is -2.05. The van der Waals surface area contributed by atoms with Gasteiger partial charge in [0, 0.05) is 0 Å². The van der Waals surface area contributed by atoms with Gasteiger partial charge in [-0.1, -0.05) is 17.7 Å². The first-order valence-corrected chi connectivity index (χ1v) is 6.52. The van der Waals surface area contributed by atoms with Crippen molar-refractivity contribution in [2.24, 2.45) is 0 Å². The van der Waals surface area contributed by atoms with Gasteiger partial charge in [0.05, 0.1) is 16.3 Å². The minimum Gasteiger partial charge on any atom is -0.478 e. The molecule has 2 aromatic rings. The molecule has 2 rings (SSSR count). The van der Waals surface area contributed by atoms with Crippen molar-refractivity contribution in [1.82, 2.24) is 4.37 Å². The molecule has 0 spiro atoms. The van der Waals surface area contributed by atoms with E-state index in [-0.39, 0.29) is 26.8 Å². The van der Waals surface area contributed by atoms with Crippen LogP contribution in [0.3, 0.4) is 0 Å². The van der Waals surface area contributed by atoms with Gasteiger partial charge in [-0.25, -0.2) is 9.18 Å². The fourth-order valence-electron chi connectivity index (χ4n) is 1.56. The number of aryl methyl sites for hydroxylation is 1. The number of nitrogens with zero attached hydrogens (tertiary/aromatic N) is 1. The van der Waals surface area contributed by atoms with Crippen LogP contribution in [0.1, 0.15) is 26.4 Å². The lowest BCUT2D eigenvalue weighted by molar-refractivity contribution is 0.0697. The molecule has 2 N–H and O–H groups in total. The summed E-state index contributed by atoms with van der Waals surface area (Å²) in [5.41, 5.74) is -0.0879. The average molecular weight is 315 g/mol. The van der Waals surface area contributed by atoms with Crippen molar-refractivity contribution in [2.75, 3.05) is 5.32 Å². The van der Waals surface area contributed by atoms with Gasteiger partial charge in [-0.3, -0.25) is 4.79 Å². The number of hydrogen-bond acceptors (Lipinski definition) is 4. The van der Waals surface area contributed by atoms with E-state index in [1.54, 1.807) is 0 Å². The highest BCUT2D eigenvalue weighted by atomic mass is 35.5. The normalized spacial score (nSPS) is 10.3. The summed E-state index contributed by atoms with van der Waals surface area (Å²) in [6, 6.07) is 3.99. The summed E-state index contributed by atoms with van der Waals surface area (Å²) in [5.74, 6) is -2.85. The molecule has 0 atom stereocenters. The molecule has 0 saturated carbocycles. The van der Waals surface area contributed by atoms with Gasteiger partial charge in [-0.15, -0.1) is 0 Å². The number of aromatic carboxylic acids is 1. The second-order valence-electron chi connectivity index (χ2n) is 3.83. The second-order valence-corrected chi connectivity index (χ2v) is 5.01. The molecule has 104 valence electrons. The topological polar surface area (TPSA) is 79.3 Å². The molecular formula is C12H8ClFN2O3S. The van der Waals surface area contributed by atoms with E-state index >= 15 is 0 Å². The summed E-state index contributed by atoms with van der Waals surface area (Å²) in [6.45, 7) is 1.51. The highest BCUT2D eigenvalue weighted by Crippen LogP contribution is 2.26. The van der Waals surface area contributed by atoms with Crippen molar-refractivity contribution < 1.29 is 19.1 Å². The first-order chi connectivity index (χ1) is 9.41. The number of rotatable bonds is 3. The Morgan fingerprint density at radius 2 is 2.15 bits per heavy atom. The summed E-state index contributed by atoms with van der Waals surface area (Å²) in [4.78, 5) is 23.0. The van der Waals surface area contributed by atoms with E-state index in [4.69, 9.17) is 16.7 Å². The summed E-state index contributed by atoms with van der Waals surface area (Å²) in [7, 11) is 0. The molecule has 5 nitrogen and oxygen atoms in total. The highest BCUT2D eigenvalue weighted by molar-refractivity contribution is 7.11. The van der Waals surface area contributed by atoms with Crippen molar-refractivity contribution in [3.63, 3.8) is 0 Å². The van der Waals surface area contributed by atoms with Gasteiger partial charge in [-0.2, -0.15) is 4.37 Å². The quantitative estimate of drug-likeness (QED) is 0.911. The zero-order chi connectivity index (χ0) is 14.9. The Balaban J connectivity index is 2.33. The molecule has 1 amide bonds. The molecule has 1 aromatic heterocycles. The third kappa shape index (κ3) is 2.63. The van der Waals surface area contributed by atoms with E-state index < -0.39 is 17.7 Å². The maximum Gasteiger partial charge on any atom is 0.340 e. The van der Waals surface area contributed by atoms with Crippen molar-refractivity contribution in [1.29, 1.82) is 0 Å². The van der Waals surface area contributed by atoms with Crippen molar-refractivity contribution in [3.05, 3.63) is 45.9 Å². The minimum atomic E-state index is -1.21. The molecule has 0 unspecified atom stereocenters. The van der Waals surface area contributed by atoms with Crippen LogP contribution in [0.4, 0.5) is 9.39 Å². The monoisotopic (exact) mass is 314 g/mol. The van der Waals surface area contributed by atoms with Gasteiger partial charge in [0.25, 0.3) is 5.91 Å². The average Bonchev–Trinajstić information content (AvgIpc) is 2.73. The van der Waals surface area contributed by atoms with E-state index in [2.05, 4.69) is 9.69 Å². The summed E-state index contributed by atoms with van der Waals surface area (Å²) in [6.07, 6.45) is 0. The maximum absolute atomic E-state index is 13.7. The van der Waals surface area contributed by atoms with Crippen LogP contribution in [0.5, 0.6) is 0 Å². The van der Waals surface area contributed by atoms with Gasteiger partial charge in [0.2, 0.25) is 0 Å². The number of carboxylic acids is 1. The van der Waals surface area contributed by atoms with Crippen LogP contribution < -0.4 is 5.32 Å². The lowest BCUT2D eigenvalue weighted by Crippen LogP contribution is -2.15. The number of benzene rings is 1. The van der Waals surface area contributed by atoms with E-state index in [0.29, 0.717) is 0 Å². The fourth-order valence-corrected chi connectivity index (χ4v) is 2.52. The molecule has 0 fully saturated rings. The molecule has 0 aliphatic heterocycles. The standard InChI is InChI=1S/C12H8ClFN2O3S/c1-5-8(12(18)19)11(20-16-5)15-10(17)6-3-2-4-7(13)9(6)14/h2-4H,1H3,(H,15,17)(H,18,19). The second kappa shape index (κ2) is 5.56. The number of carboxylic acid groups (broad SMARTS) is 1. The van der Waals surface area contributed by atoms with E-state index in [9.17, 15) is 14.0 Å². The number of amides is 1. The Labute approximate surface area is 122 Å². The van der Waals surface area contributed by atoms with E-state index in [0.717, 1.165) is 11.5 Å². The van der Waals surface area contributed by atoms with Crippen molar-refractivity contribution in [3.8, 4) is 0 Å².